The zero-order valence-corrected chi connectivity index (χ0v) is 20.0. The number of aliphatic hydroxyl groups is 1. The average molecular weight is 442 g/mol. The van der Waals surface area contributed by atoms with Crippen molar-refractivity contribution in [3.05, 3.63) is 36.0 Å². The maximum Gasteiger partial charge on any atom is 0.303 e. The highest BCUT2D eigenvalue weighted by Gasteiger charge is 2.52. The van der Waals surface area contributed by atoms with E-state index in [9.17, 15) is 9.90 Å². The van der Waals surface area contributed by atoms with Gasteiger partial charge in [0.15, 0.2) is 0 Å². The quantitative estimate of drug-likeness (QED) is 0.557. The summed E-state index contributed by atoms with van der Waals surface area (Å²) >= 11 is 0. The molecule has 0 aromatic carbocycles. The Hall–Kier alpha value is -1.92. The number of ether oxygens (including phenoxy) is 1. The zero-order chi connectivity index (χ0) is 22.9. The molecule has 176 valence electrons. The fourth-order valence-corrected chi connectivity index (χ4v) is 6.24. The summed E-state index contributed by atoms with van der Waals surface area (Å²) in [5.74, 6) is 2.07. The van der Waals surface area contributed by atoms with Crippen LogP contribution in [-0.2, 0) is 9.53 Å². The summed E-state index contributed by atoms with van der Waals surface area (Å²) in [4.78, 5) is 21.0. The van der Waals surface area contributed by atoms with E-state index in [1.807, 2.05) is 25.3 Å². The van der Waals surface area contributed by atoms with Gasteiger partial charge in [0.1, 0.15) is 11.9 Å². The maximum atomic E-state index is 11.8. The molecule has 1 saturated carbocycles. The number of pyridine rings is 1. The molecule has 1 N–H and O–H groups in total. The predicted molar refractivity (Wildman–Crippen MR) is 126 cm³/mol. The van der Waals surface area contributed by atoms with E-state index in [0.29, 0.717) is 18.3 Å². The minimum Gasteiger partial charge on any atom is -0.458 e. The van der Waals surface area contributed by atoms with E-state index >= 15 is 0 Å². The molecule has 6 atom stereocenters. The third kappa shape index (κ3) is 4.72. The van der Waals surface area contributed by atoms with Crippen LogP contribution in [0, 0.1) is 23.7 Å². The molecule has 0 amide bonds. The summed E-state index contributed by atoms with van der Waals surface area (Å²) in [7, 11) is 0. The monoisotopic (exact) mass is 441 g/mol. The van der Waals surface area contributed by atoms with Gasteiger partial charge >= 0.3 is 5.97 Å². The van der Waals surface area contributed by atoms with Gasteiger partial charge in [0, 0.05) is 58.2 Å². The summed E-state index contributed by atoms with van der Waals surface area (Å²) in [6.45, 7) is 13.2. The molecule has 2 aliphatic carbocycles. The van der Waals surface area contributed by atoms with Crippen LogP contribution in [0.25, 0.3) is 0 Å². The highest BCUT2D eigenvalue weighted by molar-refractivity contribution is 5.66. The smallest absolute Gasteiger partial charge is 0.303 e. The Morgan fingerprint density at radius 1 is 1.28 bits per heavy atom. The van der Waals surface area contributed by atoms with Crippen molar-refractivity contribution in [1.82, 2.24) is 9.88 Å². The number of piperazine rings is 1. The van der Waals surface area contributed by atoms with Crippen LogP contribution >= 0.6 is 0 Å². The summed E-state index contributed by atoms with van der Waals surface area (Å²) in [6.07, 6.45) is 6.48. The third-order valence-electron chi connectivity index (χ3n) is 8.22. The molecule has 32 heavy (non-hydrogen) atoms. The molecule has 2 fully saturated rings. The maximum absolute atomic E-state index is 11.8. The van der Waals surface area contributed by atoms with Crippen LogP contribution in [0.3, 0.4) is 0 Å². The fourth-order valence-electron chi connectivity index (χ4n) is 6.24. The number of rotatable bonds is 5. The van der Waals surface area contributed by atoms with Gasteiger partial charge < -0.3 is 14.7 Å². The third-order valence-corrected chi connectivity index (χ3v) is 8.22. The lowest BCUT2D eigenvalue weighted by atomic mass is 9.57. The predicted octanol–water partition coefficient (Wildman–Crippen LogP) is 3.51. The second kappa shape index (κ2) is 9.52. The molecule has 3 aliphatic rings. The van der Waals surface area contributed by atoms with Gasteiger partial charge in [-0.2, -0.15) is 0 Å². The van der Waals surface area contributed by atoms with Crippen molar-refractivity contribution in [2.45, 2.75) is 58.7 Å². The van der Waals surface area contributed by atoms with Crippen LogP contribution in [0.5, 0.6) is 0 Å². The van der Waals surface area contributed by atoms with Gasteiger partial charge in [-0.25, -0.2) is 4.98 Å². The molecule has 6 heteroatoms. The van der Waals surface area contributed by atoms with Gasteiger partial charge in [-0.05, 0) is 55.2 Å². The first-order valence-electron chi connectivity index (χ1n) is 12.2. The first-order valence-corrected chi connectivity index (χ1v) is 12.2. The summed E-state index contributed by atoms with van der Waals surface area (Å²) in [5, 5.41) is 11.8. The molecule has 4 rings (SSSR count). The molecular weight excluding hydrogens is 402 g/mol. The Bertz CT molecular complexity index is 821. The minimum atomic E-state index is -0.797. The van der Waals surface area contributed by atoms with Gasteiger partial charge in [-0.1, -0.05) is 26.0 Å². The number of nitrogens with zero attached hydrogens (tertiary/aromatic N) is 3. The highest BCUT2D eigenvalue weighted by atomic mass is 16.5. The highest BCUT2D eigenvalue weighted by Crippen LogP contribution is 2.51. The number of hydrogen-bond donors (Lipinski definition) is 1. The van der Waals surface area contributed by atoms with E-state index in [2.05, 4.69) is 40.8 Å². The Balaban J connectivity index is 1.41. The summed E-state index contributed by atoms with van der Waals surface area (Å²) in [5.41, 5.74) is 0.291. The van der Waals surface area contributed by atoms with Crippen LogP contribution in [0.15, 0.2) is 36.0 Å². The van der Waals surface area contributed by atoms with E-state index in [-0.39, 0.29) is 23.9 Å². The molecule has 1 aliphatic heterocycles. The van der Waals surface area contributed by atoms with Crippen molar-refractivity contribution in [3.63, 3.8) is 0 Å². The lowest BCUT2D eigenvalue weighted by Crippen LogP contribution is -2.56. The average Bonchev–Trinajstić information content (AvgIpc) is 2.77. The molecule has 0 spiro atoms. The number of carbonyl (C=O) groups is 1. The van der Waals surface area contributed by atoms with E-state index in [0.717, 1.165) is 57.0 Å². The van der Waals surface area contributed by atoms with E-state index in [4.69, 9.17) is 4.74 Å². The van der Waals surface area contributed by atoms with Crippen LogP contribution < -0.4 is 4.90 Å². The Morgan fingerprint density at radius 2 is 2.03 bits per heavy atom. The fraction of sp³-hybridized carbons (Fsp3) is 0.692. The summed E-state index contributed by atoms with van der Waals surface area (Å²) in [6, 6.07) is 6.10. The van der Waals surface area contributed by atoms with Crippen LogP contribution in [-0.4, -0.2) is 65.4 Å². The Labute approximate surface area is 192 Å². The second-order valence-electron chi connectivity index (χ2n) is 10.3. The Kier molecular flexibility index (Phi) is 6.91. The molecule has 0 radical (unpaired) electrons. The van der Waals surface area contributed by atoms with Gasteiger partial charge in [-0.3, -0.25) is 9.69 Å². The molecule has 1 aromatic rings. The van der Waals surface area contributed by atoms with Crippen LogP contribution in [0.2, 0.25) is 0 Å². The van der Waals surface area contributed by atoms with Crippen LogP contribution in [0.4, 0.5) is 5.82 Å². The van der Waals surface area contributed by atoms with Crippen LogP contribution in [0.1, 0.15) is 47.0 Å². The van der Waals surface area contributed by atoms with Gasteiger partial charge in [0.2, 0.25) is 0 Å². The van der Waals surface area contributed by atoms with Gasteiger partial charge in [0.25, 0.3) is 0 Å². The Morgan fingerprint density at radius 3 is 2.69 bits per heavy atom. The molecule has 0 bridgehead atoms. The molecule has 2 heterocycles. The number of fused-ring (bicyclic) bond motifs is 1. The SMILES string of the molecule is CC(=O)O[C@@H]1C[C@@]2(O)[C@H](C)CC[C@@H]([C@H](C)CN3CCN(c4ccccn4)CC3)[C@H]2C=C1C. The minimum absolute atomic E-state index is 0.128. The normalized spacial score (nSPS) is 34.4. The molecule has 6 nitrogen and oxygen atoms in total. The number of aromatic nitrogens is 1. The first kappa shape index (κ1) is 23.2. The standard InChI is InChI=1S/C26H39N3O3/c1-18-15-23-22(9-8-20(3)26(23,31)16-24(18)32-21(4)30)19(2)17-28-11-13-29(14-12-28)25-7-5-6-10-27-25/h5-7,10,15,19-20,22-24,31H,8-9,11-14,16-17H2,1-4H3/t19-,20-,22+,23-,24-,26-/m1/s1. The summed E-state index contributed by atoms with van der Waals surface area (Å²) < 4.78 is 5.54. The van der Waals surface area contributed by atoms with Crippen molar-refractivity contribution in [2.24, 2.45) is 23.7 Å². The van der Waals surface area contributed by atoms with Crippen molar-refractivity contribution >= 4 is 11.8 Å². The number of esters is 1. The topological polar surface area (TPSA) is 65.9 Å². The second-order valence-corrected chi connectivity index (χ2v) is 10.3. The lowest BCUT2D eigenvalue weighted by Gasteiger charge is -2.53. The van der Waals surface area contributed by atoms with Crippen molar-refractivity contribution in [1.29, 1.82) is 0 Å². The molecule has 0 unspecified atom stereocenters. The molecule has 1 aromatic heterocycles. The number of hydrogen-bond acceptors (Lipinski definition) is 6. The van der Waals surface area contributed by atoms with Gasteiger partial charge in [-0.15, -0.1) is 0 Å². The zero-order valence-electron chi connectivity index (χ0n) is 20.0. The van der Waals surface area contributed by atoms with Crippen molar-refractivity contribution < 1.29 is 14.6 Å². The van der Waals surface area contributed by atoms with E-state index in [1.54, 1.807) is 0 Å². The number of anilines is 1. The lowest BCUT2D eigenvalue weighted by molar-refractivity contribution is -0.159. The molecule has 1 saturated heterocycles. The molecular formula is C26H39N3O3. The van der Waals surface area contributed by atoms with Crippen molar-refractivity contribution in [2.75, 3.05) is 37.6 Å². The van der Waals surface area contributed by atoms with Gasteiger partial charge in [0.05, 0.1) is 5.60 Å². The van der Waals surface area contributed by atoms with E-state index < -0.39 is 5.60 Å². The van der Waals surface area contributed by atoms with E-state index in [1.165, 1.54) is 6.92 Å². The van der Waals surface area contributed by atoms with Crippen molar-refractivity contribution in [3.8, 4) is 0 Å². The largest absolute Gasteiger partial charge is 0.458 e. The number of carbonyl (C=O) groups excluding carboxylic acids is 1. The first-order chi connectivity index (χ1) is 15.3.